The van der Waals surface area contributed by atoms with E-state index in [1.165, 1.54) is 20.0 Å². The quantitative estimate of drug-likeness (QED) is 0.331. The predicted molar refractivity (Wildman–Crippen MR) is 81.5 cm³/mol. The normalized spacial score (nSPS) is 17.0. The molecule has 0 radical (unpaired) electrons. The molecule has 0 unspecified atom stereocenters. The molecular weight excluding hydrogens is 410 g/mol. The molecule has 1 fully saturated rings. The van der Waals surface area contributed by atoms with E-state index in [4.69, 9.17) is 9.47 Å². The molecule has 1 aromatic carbocycles. The van der Waals surface area contributed by atoms with E-state index in [-0.39, 0.29) is 11.3 Å². The van der Waals surface area contributed by atoms with Gasteiger partial charge in [0.05, 0.1) is 8.95 Å². The standard InChI is InChI=1S/C13H11Br2NO5/c1-13(2)20-11(18)7(12(19)21-13)5-16-6-3-8(14)10(17)9(15)4-6/h3-5,16-17H,1-2H3. The van der Waals surface area contributed by atoms with Crippen molar-refractivity contribution in [2.75, 3.05) is 5.32 Å². The van der Waals surface area contributed by atoms with Crippen molar-refractivity contribution in [1.29, 1.82) is 0 Å². The molecule has 0 spiro atoms. The van der Waals surface area contributed by atoms with Crippen LogP contribution >= 0.6 is 31.9 Å². The van der Waals surface area contributed by atoms with Gasteiger partial charge in [-0.3, -0.25) is 0 Å². The summed E-state index contributed by atoms with van der Waals surface area (Å²) in [5.41, 5.74) is 0.305. The summed E-state index contributed by atoms with van der Waals surface area (Å²) in [5.74, 6) is -2.75. The first-order valence-electron chi connectivity index (χ1n) is 5.81. The van der Waals surface area contributed by atoms with Crippen LogP contribution in [-0.2, 0) is 19.1 Å². The Morgan fingerprint density at radius 2 is 1.62 bits per heavy atom. The van der Waals surface area contributed by atoms with Crippen molar-refractivity contribution in [2.45, 2.75) is 19.6 Å². The molecule has 1 aliphatic heterocycles. The topological polar surface area (TPSA) is 84.9 Å². The van der Waals surface area contributed by atoms with Crippen LogP contribution in [0.15, 0.2) is 32.9 Å². The van der Waals surface area contributed by atoms with Gasteiger partial charge in [0, 0.05) is 25.7 Å². The SMILES string of the molecule is CC1(C)OC(=O)C(=CNc2cc(Br)c(O)c(Br)c2)C(=O)O1. The number of anilines is 1. The Balaban J connectivity index is 2.22. The summed E-state index contributed by atoms with van der Waals surface area (Å²) in [4.78, 5) is 23.5. The molecule has 2 N–H and O–H groups in total. The van der Waals surface area contributed by atoms with Gasteiger partial charge in [0.25, 0.3) is 5.79 Å². The van der Waals surface area contributed by atoms with Gasteiger partial charge in [0.2, 0.25) is 0 Å². The van der Waals surface area contributed by atoms with E-state index in [2.05, 4.69) is 37.2 Å². The van der Waals surface area contributed by atoms with Crippen LogP contribution in [0.4, 0.5) is 5.69 Å². The zero-order chi connectivity index (χ0) is 15.8. The zero-order valence-corrected chi connectivity index (χ0v) is 14.2. The fraction of sp³-hybridized carbons (Fsp3) is 0.231. The minimum Gasteiger partial charge on any atom is -0.506 e. The maximum Gasteiger partial charge on any atom is 0.350 e. The molecule has 0 atom stereocenters. The van der Waals surface area contributed by atoms with Gasteiger partial charge in [-0.25, -0.2) is 9.59 Å². The summed E-state index contributed by atoms with van der Waals surface area (Å²) >= 11 is 6.36. The summed E-state index contributed by atoms with van der Waals surface area (Å²) in [6.07, 6.45) is 1.20. The van der Waals surface area contributed by atoms with Gasteiger partial charge in [-0.15, -0.1) is 0 Å². The molecule has 21 heavy (non-hydrogen) atoms. The number of hydrogen-bond acceptors (Lipinski definition) is 6. The lowest BCUT2D eigenvalue weighted by Gasteiger charge is -2.29. The third-order valence-corrected chi connectivity index (χ3v) is 3.73. The number of benzene rings is 1. The molecular formula is C13H11Br2NO5. The van der Waals surface area contributed by atoms with E-state index in [0.29, 0.717) is 14.6 Å². The maximum atomic E-state index is 11.7. The number of phenolic OH excluding ortho intramolecular Hbond substituents is 1. The average molecular weight is 421 g/mol. The molecule has 0 aliphatic carbocycles. The first-order chi connectivity index (χ1) is 9.69. The fourth-order valence-corrected chi connectivity index (χ4v) is 2.77. The van der Waals surface area contributed by atoms with Gasteiger partial charge in [-0.1, -0.05) is 0 Å². The molecule has 112 valence electrons. The molecule has 8 heteroatoms. The summed E-state index contributed by atoms with van der Waals surface area (Å²) in [6.45, 7) is 2.95. The Morgan fingerprint density at radius 1 is 1.14 bits per heavy atom. The molecule has 0 bridgehead atoms. The number of esters is 2. The number of carbonyl (C=O) groups is 2. The summed E-state index contributed by atoms with van der Waals surface area (Å²) in [6, 6.07) is 3.17. The summed E-state index contributed by atoms with van der Waals surface area (Å²) in [5, 5.41) is 12.4. The van der Waals surface area contributed by atoms with Crippen LogP contribution in [-0.4, -0.2) is 22.8 Å². The lowest BCUT2D eigenvalue weighted by atomic mass is 10.2. The van der Waals surface area contributed by atoms with E-state index < -0.39 is 17.7 Å². The average Bonchev–Trinajstić information content (AvgIpc) is 2.33. The lowest BCUT2D eigenvalue weighted by molar-refractivity contribution is -0.222. The Bertz CT molecular complexity index is 609. The van der Waals surface area contributed by atoms with Crippen molar-refractivity contribution in [3.8, 4) is 5.75 Å². The second-order valence-corrected chi connectivity index (χ2v) is 6.38. The highest BCUT2D eigenvalue weighted by atomic mass is 79.9. The highest BCUT2D eigenvalue weighted by Crippen LogP contribution is 2.35. The monoisotopic (exact) mass is 419 g/mol. The van der Waals surface area contributed by atoms with Crippen LogP contribution in [0.5, 0.6) is 5.75 Å². The van der Waals surface area contributed by atoms with Crippen LogP contribution < -0.4 is 5.32 Å². The van der Waals surface area contributed by atoms with Crippen LogP contribution in [0.2, 0.25) is 0 Å². The Hall–Kier alpha value is -1.54. The maximum absolute atomic E-state index is 11.7. The minimum atomic E-state index is -1.27. The van der Waals surface area contributed by atoms with Crippen molar-refractivity contribution in [3.05, 3.63) is 32.9 Å². The van der Waals surface area contributed by atoms with Crippen LogP contribution in [0, 0.1) is 0 Å². The lowest BCUT2D eigenvalue weighted by Crippen LogP contribution is -2.42. The highest BCUT2D eigenvalue weighted by molar-refractivity contribution is 9.11. The van der Waals surface area contributed by atoms with E-state index in [1.807, 2.05) is 0 Å². The van der Waals surface area contributed by atoms with Gasteiger partial charge in [-0.05, 0) is 44.0 Å². The fourth-order valence-electron chi connectivity index (χ4n) is 1.58. The smallest absolute Gasteiger partial charge is 0.350 e. The van der Waals surface area contributed by atoms with E-state index >= 15 is 0 Å². The third-order valence-electron chi connectivity index (χ3n) is 2.52. The molecule has 1 saturated heterocycles. The van der Waals surface area contributed by atoms with Crippen LogP contribution in [0.25, 0.3) is 0 Å². The Kier molecular flexibility index (Phi) is 4.29. The second-order valence-electron chi connectivity index (χ2n) is 4.67. The number of phenols is 1. The van der Waals surface area contributed by atoms with Crippen LogP contribution in [0.3, 0.4) is 0 Å². The number of aromatic hydroxyl groups is 1. The highest BCUT2D eigenvalue weighted by Gasteiger charge is 2.38. The largest absolute Gasteiger partial charge is 0.506 e. The number of hydrogen-bond donors (Lipinski definition) is 2. The van der Waals surface area contributed by atoms with E-state index in [0.717, 1.165) is 0 Å². The summed E-state index contributed by atoms with van der Waals surface area (Å²) < 4.78 is 10.8. The number of rotatable bonds is 2. The van der Waals surface area contributed by atoms with Gasteiger partial charge in [0.1, 0.15) is 5.75 Å². The van der Waals surface area contributed by atoms with Gasteiger partial charge in [-0.2, -0.15) is 0 Å². The Labute approximate surface area is 137 Å². The molecule has 0 saturated carbocycles. The number of nitrogens with one attached hydrogen (secondary N) is 1. The Morgan fingerprint density at radius 3 is 2.10 bits per heavy atom. The van der Waals surface area contributed by atoms with Crippen molar-refractivity contribution in [1.82, 2.24) is 0 Å². The van der Waals surface area contributed by atoms with Gasteiger partial charge < -0.3 is 19.9 Å². The van der Waals surface area contributed by atoms with Gasteiger partial charge in [0.15, 0.2) is 5.57 Å². The molecule has 6 nitrogen and oxygen atoms in total. The molecule has 0 amide bonds. The summed E-state index contributed by atoms with van der Waals surface area (Å²) in [7, 11) is 0. The first kappa shape index (κ1) is 15.8. The second kappa shape index (κ2) is 5.69. The number of cyclic esters (lactones) is 2. The molecule has 1 aliphatic rings. The number of halogens is 2. The van der Waals surface area contributed by atoms with E-state index in [9.17, 15) is 14.7 Å². The zero-order valence-electron chi connectivity index (χ0n) is 11.1. The van der Waals surface area contributed by atoms with E-state index in [1.54, 1.807) is 12.1 Å². The van der Waals surface area contributed by atoms with Crippen LogP contribution in [0.1, 0.15) is 13.8 Å². The van der Waals surface area contributed by atoms with Crippen molar-refractivity contribution < 1.29 is 24.2 Å². The number of ether oxygens (including phenoxy) is 2. The molecule has 1 heterocycles. The first-order valence-corrected chi connectivity index (χ1v) is 7.39. The molecule has 0 aromatic heterocycles. The van der Waals surface area contributed by atoms with Crippen molar-refractivity contribution >= 4 is 49.5 Å². The molecule has 2 rings (SSSR count). The third kappa shape index (κ3) is 3.56. The van der Waals surface area contributed by atoms with Crippen molar-refractivity contribution in [2.24, 2.45) is 0 Å². The van der Waals surface area contributed by atoms with Crippen molar-refractivity contribution in [3.63, 3.8) is 0 Å². The minimum absolute atomic E-state index is 0.0476. The predicted octanol–water partition coefficient (Wildman–Crippen LogP) is 3.05. The van der Waals surface area contributed by atoms with Gasteiger partial charge >= 0.3 is 11.9 Å². The molecule has 1 aromatic rings. The number of carbonyl (C=O) groups excluding carboxylic acids is 2.